The summed E-state index contributed by atoms with van der Waals surface area (Å²) in [6, 6.07) is 2.00. The summed E-state index contributed by atoms with van der Waals surface area (Å²) in [5.74, 6) is -0.211. The number of sulfonamides is 1. The van der Waals surface area contributed by atoms with Crippen molar-refractivity contribution in [3.63, 3.8) is 0 Å². The van der Waals surface area contributed by atoms with Crippen LogP contribution in [0.4, 0.5) is 5.69 Å². The van der Waals surface area contributed by atoms with Crippen molar-refractivity contribution < 1.29 is 16.8 Å². The van der Waals surface area contributed by atoms with Crippen LogP contribution in [-0.2, 0) is 19.9 Å². The molecule has 1 heterocycles. The number of nitrogens with zero attached hydrogens (tertiary/aromatic N) is 1. The normalized spacial score (nSPS) is 21.8. The zero-order chi connectivity index (χ0) is 16.0. The molecule has 2 N–H and O–H groups in total. The molecule has 0 aromatic heterocycles. The lowest BCUT2D eigenvalue weighted by atomic mass is 10.3. The highest BCUT2D eigenvalue weighted by Gasteiger charge is 2.37. The van der Waals surface area contributed by atoms with E-state index in [1.54, 1.807) is 0 Å². The summed E-state index contributed by atoms with van der Waals surface area (Å²) < 4.78 is 49.1. The second-order valence-electron chi connectivity index (χ2n) is 4.85. The largest absolute Gasteiger partial charge is 0.396 e. The molecule has 6 nitrogen and oxygen atoms in total. The second-order valence-corrected chi connectivity index (χ2v) is 9.83. The van der Waals surface area contributed by atoms with E-state index in [1.807, 2.05) is 0 Å². The van der Waals surface area contributed by atoms with Crippen molar-refractivity contribution in [1.82, 2.24) is 4.31 Å². The first-order valence-electron chi connectivity index (χ1n) is 5.98. The van der Waals surface area contributed by atoms with E-state index in [9.17, 15) is 16.8 Å². The van der Waals surface area contributed by atoms with Crippen LogP contribution in [0.15, 0.2) is 17.0 Å². The Morgan fingerprint density at radius 1 is 1.33 bits per heavy atom. The van der Waals surface area contributed by atoms with Crippen molar-refractivity contribution in [1.29, 1.82) is 0 Å². The van der Waals surface area contributed by atoms with Crippen LogP contribution in [0.3, 0.4) is 0 Å². The summed E-state index contributed by atoms with van der Waals surface area (Å²) in [5, 5.41) is 0.000233. The van der Waals surface area contributed by atoms with Gasteiger partial charge in [-0.05, 0) is 18.6 Å². The quantitative estimate of drug-likeness (QED) is 0.808. The topological polar surface area (TPSA) is 97.5 Å². The fraction of sp³-hybridized carbons (Fsp3) is 0.455. The van der Waals surface area contributed by atoms with Gasteiger partial charge in [-0.1, -0.05) is 23.2 Å². The predicted octanol–water partition coefficient (Wildman–Crippen LogP) is 1.38. The molecule has 0 saturated carbocycles. The van der Waals surface area contributed by atoms with Crippen LogP contribution in [0, 0.1) is 0 Å². The van der Waals surface area contributed by atoms with E-state index >= 15 is 0 Å². The Hall–Kier alpha value is -0.540. The van der Waals surface area contributed by atoms with E-state index in [1.165, 1.54) is 19.2 Å². The summed E-state index contributed by atoms with van der Waals surface area (Å²) in [5.41, 5.74) is 5.61. The van der Waals surface area contributed by atoms with E-state index < -0.39 is 25.9 Å². The van der Waals surface area contributed by atoms with Gasteiger partial charge in [0.1, 0.15) is 4.90 Å². The molecular weight excluding hydrogens is 359 g/mol. The first-order chi connectivity index (χ1) is 9.56. The SMILES string of the molecule is CN(C1CCS(=O)(=O)C1)S(=O)(=O)c1ccc(Cl)c(N)c1Cl. The lowest BCUT2D eigenvalue weighted by Gasteiger charge is -2.23. The average molecular weight is 373 g/mol. The minimum Gasteiger partial charge on any atom is -0.396 e. The molecule has 0 bridgehead atoms. The molecule has 21 heavy (non-hydrogen) atoms. The average Bonchev–Trinajstić information content (AvgIpc) is 2.75. The molecule has 0 aliphatic carbocycles. The van der Waals surface area contributed by atoms with Crippen LogP contribution in [0.5, 0.6) is 0 Å². The molecule has 1 atom stereocenters. The minimum absolute atomic E-state index is 0.0198. The Morgan fingerprint density at radius 3 is 2.48 bits per heavy atom. The fourth-order valence-corrected chi connectivity index (χ4v) is 6.15. The molecular formula is C11H14Cl2N2O4S2. The van der Waals surface area contributed by atoms with E-state index in [4.69, 9.17) is 28.9 Å². The molecule has 1 saturated heterocycles. The highest BCUT2D eigenvalue weighted by Crippen LogP contribution is 2.35. The fourth-order valence-electron chi connectivity index (χ4n) is 2.16. The van der Waals surface area contributed by atoms with Gasteiger partial charge in [0.2, 0.25) is 10.0 Å². The molecule has 10 heteroatoms. The molecule has 0 spiro atoms. The van der Waals surface area contributed by atoms with Crippen molar-refractivity contribution in [3.8, 4) is 0 Å². The molecule has 0 radical (unpaired) electrons. The number of halogens is 2. The lowest BCUT2D eigenvalue weighted by Crippen LogP contribution is -2.38. The third-order valence-electron chi connectivity index (χ3n) is 3.47. The van der Waals surface area contributed by atoms with Gasteiger partial charge in [0.25, 0.3) is 0 Å². The van der Waals surface area contributed by atoms with Crippen LogP contribution >= 0.6 is 23.2 Å². The number of benzene rings is 1. The van der Waals surface area contributed by atoms with E-state index in [2.05, 4.69) is 0 Å². The lowest BCUT2D eigenvalue weighted by molar-refractivity contribution is 0.394. The van der Waals surface area contributed by atoms with Crippen LogP contribution < -0.4 is 5.73 Å². The van der Waals surface area contributed by atoms with Gasteiger partial charge in [0, 0.05) is 13.1 Å². The monoisotopic (exact) mass is 372 g/mol. The van der Waals surface area contributed by atoms with Gasteiger partial charge in [0.05, 0.1) is 27.2 Å². The summed E-state index contributed by atoms with van der Waals surface area (Å²) in [7, 11) is -5.80. The molecule has 1 fully saturated rings. The van der Waals surface area contributed by atoms with Gasteiger partial charge in [0.15, 0.2) is 9.84 Å². The Labute approximate surface area is 133 Å². The van der Waals surface area contributed by atoms with Crippen molar-refractivity contribution >= 4 is 48.7 Å². The van der Waals surface area contributed by atoms with Crippen molar-refractivity contribution in [2.24, 2.45) is 0 Å². The summed E-state index contributed by atoms with van der Waals surface area (Å²) in [6.45, 7) is 0. The number of rotatable bonds is 3. The van der Waals surface area contributed by atoms with Crippen LogP contribution in [-0.4, -0.2) is 45.7 Å². The van der Waals surface area contributed by atoms with Crippen molar-refractivity contribution in [3.05, 3.63) is 22.2 Å². The molecule has 118 valence electrons. The number of sulfone groups is 1. The van der Waals surface area contributed by atoms with Crippen LogP contribution in [0.25, 0.3) is 0 Å². The highest BCUT2D eigenvalue weighted by atomic mass is 35.5. The number of anilines is 1. The second kappa shape index (κ2) is 5.58. The number of nitrogen functional groups attached to an aromatic ring is 1. The van der Waals surface area contributed by atoms with Gasteiger partial charge in [-0.3, -0.25) is 0 Å². The number of nitrogens with two attached hydrogens (primary N) is 1. The zero-order valence-corrected chi connectivity index (χ0v) is 14.2. The van der Waals surface area contributed by atoms with Gasteiger partial charge in [-0.2, -0.15) is 4.31 Å². The Morgan fingerprint density at radius 2 is 1.95 bits per heavy atom. The van der Waals surface area contributed by atoms with Crippen molar-refractivity contribution in [2.75, 3.05) is 24.3 Å². The minimum atomic E-state index is -3.94. The molecule has 1 aromatic carbocycles. The van der Waals surface area contributed by atoms with Gasteiger partial charge in [-0.25, -0.2) is 16.8 Å². The first-order valence-corrected chi connectivity index (χ1v) is 10.00. The zero-order valence-electron chi connectivity index (χ0n) is 11.1. The predicted molar refractivity (Wildman–Crippen MR) is 82.9 cm³/mol. The Balaban J connectivity index is 2.41. The molecule has 0 amide bonds. The third kappa shape index (κ3) is 3.14. The number of hydrogen-bond donors (Lipinski definition) is 1. The van der Waals surface area contributed by atoms with E-state index in [0.717, 1.165) is 4.31 Å². The maximum absolute atomic E-state index is 12.6. The molecule has 2 rings (SSSR count). The highest BCUT2D eigenvalue weighted by molar-refractivity contribution is 7.92. The van der Waals surface area contributed by atoms with Crippen molar-refractivity contribution in [2.45, 2.75) is 17.4 Å². The van der Waals surface area contributed by atoms with Gasteiger partial charge in [-0.15, -0.1) is 0 Å². The van der Waals surface area contributed by atoms with Crippen LogP contribution in [0.1, 0.15) is 6.42 Å². The first kappa shape index (κ1) is 16.8. The third-order valence-corrected chi connectivity index (χ3v) is 8.02. The van der Waals surface area contributed by atoms with Crippen LogP contribution in [0.2, 0.25) is 10.0 Å². The molecule has 1 aliphatic heterocycles. The van der Waals surface area contributed by atoms with E-state index in [0.29, 0.717) is 0 Å². The molecule has 1 aromatic rings. The standard InChI is InChI=1S/C11H14Cl2N2O4S2/c1-15(7-4-5-20(16,17)6-7)21(18,19)9-3-2-8(12)11(14)10(9)13/h2-3,7H,4-6,14H2,1H3. The van der Waals surface area contributed by atoms with Gasteiger partial charge < -0.3 is 5.73 Å². The summed E-state index contributed by atoms with van der Waals surface area (Å²) in [6.07, 6.45) is 0.263. The molecule has 1 aliphatic rings. The number of hydrogen-bond acceptors (Lipinski definition) is 5. The maximum atomic E-state index is 12.6. The summed E-state index contributed by atoms with van der Waals surface area (Å²) >= 11 is 11.7. The molecule has 1 unspecified atom stereocenters. The maximum Gasteiger partial charge on any atom is 0.244 e. The summed E-state index contributed by atoms with van der Waals surface area (Å²) in [4.78, 5) is -0.183. The smallest absolute Gasteiger partial charge is 0.244 e. The van der Waals surface area contributed by atoms with Gasteiger partial charge >= 0.3 is 0 Å². The Bertz CT molecular complexity index is 778. The Kier molecular flexibility index (Phi) is 4.47. The van der Waals surface area contributed by atoms with E-state index in [-0.39, 0.29) is 38.6 Å².